The van der Waals surface area contributed by atoms with Crippen LogP contribution in [0.1, 0.15) is 15.9 Å². The van der Waals surface area contributed by atoms with Crippen LogP contribution in [-0.4, -0.2) is 23.2 Å². The van der Waals surface area contributed by atoms with Gasteiger partial charge in [-0.2, -0.15) is 18.2 Å². The summed E-state index contributed by atoms with van der Waals surface area (Å²) < 4.78 is 0. The van der Waals surface area contributed by atoms with Gasteiger partial charge in [0.2, 0.25) is 0 Å². The number of benzene rings is 2. The molecule has 1 amide bonds. The number of hydrogen-bond donors (Lipinski definition) is 2. The molecular formula is C20H13ClN2O3SU. The zero-order valence-corrected chi connectivity index (χ0v) is 20.4. The number of thiophene rings is 1. The van der Waals surface area contributed by atoms with Crippen LogP contribution in [0.4, 0.5) is 10.7 Å². The van der Waals surface area contributed by atoms with E-state index in [0.717, 1.165) is 16.9 Å². The van der Waals surface area contributed by atoms with Crippen molar-refractivity contribution in [3.8, 4) is 11.1 Å². The summed E-state index contributed by atoms with van der Waals surface area (Å²) in [5.74, 6) is -1.82. The third-order valence-electron chi connectivity index (χ3n) is 3.62. The zero-order chi connectivity index (χ0) is 19.4. The largest absolute Gasteiger partial charge is 2.00 e. The zero-order valence-electron chi connectivity index (χ0n) is 14.6. The van der Waals surface area contributed by atoms with Crippen molar-refractivity contribution in [2.24, 2.45) is 4.99 Å². The van der Waals surface area contributed by atoms with Crippen LogP contribution in [-0.2, 0) is 4.79 Å². The molecule has 3 aromatic rings. The number of aromatic carboxylic acids is 1. The summed E-state index contributed by atoms with van der Waals surface area (Å²) in [6, 6.07) is 15.1. The molecule has 1 heterocycles. The minimum absolute atomic E-state index is 0. The minimum Gasteiger partial charge on any atom is -0.478 e. The van der Waals surface area contributed by atoms with Crippen LogP contribution < -0.4 is 5.32 Å². The van der Waals surface area contributed by atoms with Crippen LogP contribution in [0.15, 0.2) is 52.8 Å². The molecule has 2 aromatic carbocycles. The van der Waals surface area contributed by atoms with Crippen LogP contribution >= 0.6 is 22.9 Å². The second-order valence-corrected chi connectivity index (χ2v) is 6.85. The maximum Gasteiger partial charge on any atom is 2.00 e. The Morgan fingerprint density at radius 3 is 2.68 bits per heavy atom. The van der Waals surface area contributed by atoms with Crippen molar-refractivity contribution < 1.29 is 45.8 Å². The Kier molecular flexibility index (Phi) is 8.02. The Labute approximate surface area is 194 Å². The fourth-order valence-corrected chi connectivity index (χ4v) is 3.68. The normalized spacial score (nSPS) is 10.5. The van der Waals surface area contributed by atoms with Gasteiger partial charge in [0.05, 0.1) is 0 Å². The summed E-state index contributed by atoms with van der Waals surface area (Å²) in [5, 5.41) is 14.4. The molecule has 3 rings (SSSR count). The van der Waals surface area contributed by atoms with Crippen LogP contribution in [0, 0.1) is 44.1 Å². The number of anilines is 1. The first-order valence-corrected chi connectivity index (χ1v) is 9.07. The average molecular weight is 635 g/mol. The van der Waals surface area contributed by atoms with E-state index in [1.807, 2.05) is 13.0 Å². The molecule has 0 aliphatic carbocycles. The molecule has 0 saturated carbocycles. The number of carboxylic acid groups (broad SMARTS) is 1. The summed E-state index contributed by atoms with van der Waals surface area (Å²) in [6.45, 7) is 1.90. The molecule has 8 heteroatoms. The summed E-state index contributed by atoms with van der Waals surface area (Å²) >= 11 is 7.37. The van der Waals surface area contributed by atoms with Crippen molar-refractivity contribution in [3.05, 3.63) is 70.1 Å². The number of carboxylic acids is 1. The van der Waals surface area contributed by atoms with Gasteiger partial charge in [0.15, 0.2) is 5.91 Å². The SMILES string of the molecule is Cc1ccc(-c2csc(NC(=O)[C-]=Nc3[c-]cccc3)c2C(=O)O)c(Cl)c1.[U+2]. The minimum atomic E-state index is -1.16. The molecule has 0 atom stereocenters. The van der Waals surface area contributed by atoms with E-state index >= 15 is 0 Å². The molecule has 0 aliphatic rings. The van der Waals surface area contributed by atoms with Gasteiger partial charge >= 0.3 is 37.1 Å². The molecule has 28 heavy (non-hydrogen) atoms. The molecular weight excluding hydrogens is 622 g/mol. The Morgan fingerprint density at radius 1 is 1.25 bits per heavy atom. The van der Waals surface area contributed by atoms with Crippen molar-refractivity contribution in [2.45, 2.75) is 6.92 Å². The molecule has 2 N–H and O–H groups in total. The molecule has 138 valence electrons. The van der Waals surface area contributed by atoms with E-state index in [9.17, 15) is 14.7 Å². The number of carbonyl (C=O) groups is 2. The Balaban J connectivity index is 0.00000280. The molecule has 0 aliphatic heterocycles. The molecule has 0 radical (unpaired) electrons. The van der Waals surface area contributed by atoms with Gasteiger partial charge in [-0.25, -0.2) is 16.5 Å². The fraction of sp³-hybridized carbons (Fsp3) is 0.0500. The number of carbonyl (C=O) groups excluding carboxylic acids is 1. The van der Waals surface area contributed by atoms with Gasteiger partial charge in [-0.1, -0.05) is 29.9 Å². The number of halogens is 1. The molecule has 1 aromatic heterocycles. The van der Waals surface area contributed by atoms with E-state index < -0.39 is 11.9 Å². The van der Waals surface area contributed by atoms with Crippen molar-refractivity contribution in [2.75, 3.05) is 5.32 Å². The van der Waals surface area contributed by atoms with E-state index in [2.05, 4.69) is 22.6 Å². The van der Waals surface area contributed by atoms with Crippen molar-refractivity contribution in [1.29, 1.82) is 0 Å². The number of hydrogen-bond acceptors (Lipinski definition) is 4. The molecule has 0 bridgehead atoms. The van der Waals surface area contributed by atoms with Crippen molar-refractivity contribution >= 4 is 51.7 Å². The van der Waals surface area contributed by atoms with E-state index in [1.165, 1.54) is 0 Å². The first-order valence-electron chi connectivity index (χ1n) is 7.81. The van der Waals surface area contributed by atoms with E-state index in [0.29, 0.717) is 21.8 Å². The smallest absolute Gasteiger partial charge is 0.478 e. The number of aliphatic imine (C=N–C) groups is 1. The van der Waals surface area contributed by atoms with Crippen LogP contribution in [0.5, 0.6) is 0 Å². The van der Waals surface area contributed by atoms with Crippen molar-refractivity contribution in [3.63, 3.8) is 0 Å². The molecule has 0 unspecified atom stereocenters. The number of nitrogens with zero attached hydrogens (tertiary/aromatic N) is 1. The summed E-state index contributed by atoms with van der Waals surface area (Å²) in [6.07, 6.45) is 2.31. The monoisotopic (exact) mass is 634 g/mol. The third-order valence-corrected chi connectivity index (χ3v) is 4.83. The van der Waals surface area contributed by atoms with Crippen molar-refractivity contribution in [1.82, 2.24) is 0 Å². The first-order chi connectivity index (χ1) is 13.0. The number of nitrogens with one attached hydrogen (secondary N) is 1. The summed E-state index contributed by atoms with van der Waals surface area (Å²) in [7, 11) is 0. The topological polar surface area (TPSA) is 78.8 Å². The quantitative estimate of drug-likeness (QED) is 0.303. The van der Waals surface area contributed by atoms with E-state index in [1.54, 1.807) is 41.8 Å². The van der Waals surface area contributed by atoms with Gasteiger partial charge in [0.25, 0.3) is 0 Å². The second-order valence-electron chi connectivity index (χ2n) is 5.57. The van der Waals surface area contributed by atoms with E-state index in [-0.39, 0.29) is 41.7 Å². The first kappa shape index (κ1) is 22.4. The van der Waals surface area contributed by atoms with Gasteiger partial charge in [-0.3, -0.25) is 10.9 Å². The van der Waals surface area contributed by atoms with Crippen LogP contribution in [0.2, 0.25) is 5.02 Å². The summed E-state index contributed by atoms with van der Waals surface area (Å²) in [5.41, 5.74) is 2.43. The Bertz CT molecular complexity index is 1040. The Morgan fingerprint density at radius 2 is 2.04 bits per heavy atom. The molecule has 0 fully saturated rings. The number of aryl methyl sites for hydroxylation is 1. The standard InChI is InChI=1S/C20H13ClN2O3S.U/c1-12-7-8-14(16(21)9-12)15-11-27-19(18(15)20(25)26)23-17(24)10-22-13-5-3-2-4-6-13;/h2-5,7-9,11H,1H3,(H,23,24)(H,25,26);/q-2;+2. The van der Waals surface area contributed by atoms with Gasteiger partial charge in [0, 0.05) is 21.5 Å². The predicted molar refractivity (Wildman–Crippen MR) is 107 cm³/mol. The maximum atomic E-state index is 12.1. The predicted octanol–water partition coefficient (Wildman–Crippen LogP) is 5.09. The van der Waals surface area contributed by atoms with Gasteiger partial charge in [0.1, 0.15) is 10.6 Å². The third kappa shape index (κ3) is 5.33. The molecule has 0 spiro atoms. The molecule has 0 saturated heterocycles. The fourth-order valence-electron chi connectivity index (χ4n) is 2.39. The number of amides is 1. The van der Waals surface area contributed by atoms with Crippen LogP contribution in [0.25, 0.3) is 11.1 Å². The maximum absolute atomic E-state index is 12.1. The Hall–Kier alpha value is -1.91. The summed E-state index contributed by atoms with van der Waals surface area (Å²) in [4.78, 5) is 27.7. The van der Waals surface area contributed by atoms with E-state index in [4.69, 9.17) is 11.6 Å². The number of rotatable bonds is 5. The molecule has 5 nitrogen and oxygen atoms in total. The average Bonchev–Trinajstić information content (AvgIpc) is 3.04. The number of para-hydroxylation sites is 1. The second kappa shape index (κ2) is 10.0. The van der Waals surface area contributed by atoms with Crippen LogP contribution in [0.3, 0.4) is 0 Å². The van der Waals surface area contributed by atoms with Gasteiger partial charge in [-0.15, -0.1) is 11.3 Å². The van der Waals surface area contributed by atoms with Gasteiger partial charge in [-0.05, 0) is 18.6 Å². The van der Waals surface area contributed by atoms with Gasteiger partial charge < -0.3 is 15.4 Å².